The van der Waals surface area contributed by atoms with Gasteiger partial charge in [-0.25, -0.2) is 4.98 Å². The molecule has 0 bridgehead atoms. The second-order valence-electron chi connectivity index (χ2n) is 4.37. The van der Waals surface area contributed by atoms with E-state index in [-0.39, 0.29) is 5.41 Å². The van der Waals surface area contributed by atoms with Crippen LogP contribution in [0.1, 0.15) is 44.8 Å². The minimum atomic E-state index is 0.169. The van der Waals surface area contributed by atoms with Crippen LogP contribution >= 0.6 is 0 Å². The first-order valence-electron chi connectivity index (χ1n) is 5.93. The van der Waals surface area contributed by atoms with Crippen molar-refractivity contribution in [2.24, 2.45) is 0 Å². The molecule has 1 unspecified atom stereocenters. The first kappa shape index (κ1) is 10.6. The van der Waals surface area contributed by atoms with E-state index in [0.717, 1.165) is 37.6 Å². The smallest absolute Gasteiger partial charge is 0.158 e. The lowest BCUT2D eigenvalue weighted by Crippen LogP contribution is -2.43. The van der Waals surface area contributed by atoms with Gasteiger partial charge in [-0.05, 0) is 25.8 Å². The van der Waals surface area contributed by atoms with E-state index in [1.165, 1.54) is 12.8 Å². The lowest BCUT2D eigenvalue weighted by Gasteiger charge is -2.34. The predicted octanol–water partition coefficient (Wildman–Crippen LogP) is 1.40. The average molecular weight is 208 g/mol. The van der Waals surface area contributed by atoms with Crippen molar-refractivity contribution in [2.75, 3.05) is 13.1 Å². The normalized spacial score (nSPS) is 26.8. The first-order chi connectivity index (χ1) is 7.30. The van der Waals surface area contributed by atoms with Crippen molar-refractivity contribution in [1.82, 2.24) is 20.5 Å². The highest BCUT2D eigenvalue weighted by Crippen LogP contribution is 2.31. The molecule has 1 aromatic rings. The van der Waals surface area contributed by atoms with Crippen molar-refractivity contribution in [1.29, 1.82) is 0 Å². The van der Waals surface area contributed by atoms with Gasteiger partial charge in [0.05, 0.1) is 0 Å². The zero-order valence-corrected chi connectivity index (χ0v) is 9.64. The Morgan fingerprint density at radius 2 is 2.27 bits per heavy atom. The Hall–Kier alpha value is -0.900. The van der Waals surface area contributed by atoms with Crippen LogP contribution in [-0.2, 0) is 11.8 Å². The van der Waals surface area contributed by atoms with Gasteiger partial charge in [0.25, 0.3) is 0 Å². The van der Waals surface area contributed by atoms with Crippen LogP contribution in [-0.4, -0.2) is 28.3 Å². The van der Waals surface area contributed by atoms with Crippen LogP contribution in [0.15, 0.2) is 0 Å². The summed E-state index contributed by atoms with van der Waals surface area (Å²) in [5.74, 6) is 2.01. The van der Waals surface area contributed by atoms with Crippen molar-refractivity contribution in [3.05, 3.63) is 11.6 Å². The molecule has 0 aromatic carbocycles. The summed E-state index contributed by atoms with van der Waals surface area (Å²) < 4.78 is 0. The van der Waals surface area contributed by atoms with Gasteiger partial charge in [0.15, 0.2) is 5.82 Å². The van der Waals surface area contributed by atoms with E-state index >= 15 is 0 Å². The molecular weight excluding hydrogens is 188 g/mol. The molecule has 15 heavy (non-hydrogen) atoms. The molecule has 1 aliphatic heterocycles. The molecule has 0 saturated carbocycles. The molecule has 4 nitrogen and oxygen atoms in total. The number of nitrogens with one attached hydrogen (secondary N) is 2. The van der Waals surface area contributed by atoms with Gasteiger partial charge in [-0.2, -0.15) is 5.10 Å². The van der Waals surface area contributed by atoms with E-state index in [2.05, 4.69) is 34.3 Å². The monoisotopic (exact) mass is 208 g/mol. The maximum atomic E-state index is 4.59. The maximum Gasteiger partial charge on any atom is 0.158 e. The van der Waals surface area contributed by atoms with Gasteiger partial charge in [-0.1, -0.05) is 13.8 Å². The number of aryl methyl sites for hydroxylation is 1. The SMILES string of the molecule is CCc1nc(C2(CC)CCCNC2)n[nH]1. The van der Waals surface area contributed by atoms with Gasteiger partial charge in [0.2, 0.25) is 0 Å². The molecule has 1 atom stereocenters. The summed E-state index contributed by atoms with van der Waals surface area (Å²) in [6, 6.07) is 0. The van der Waals surface area contributed by atoms with Crippen LogP contribution in [0.2, 0.25) is 0 Å². The highest BCUT2D eigenvalue weighted by molar-refractivity contribution is 5.10. The van der Waals surface area contributed by atoms with Gasteiger partial charge < -0.3 is 5.32 Å². The molecule has 1 aliphatic rings. The largest absolute Gasteiger partial charge is 0.316 e. The Bertz CT molecular complexity index is 312. The number of hydrogen-bond acceptors (Lipinski definition) is 3. The second kappa shape index (κ2) is 4.31. The van der Waals surface area contributed by atoms with Crippen molar-refractivity contribution in [3.8, 4) is 0 Å². The molecule has 0 aliphatic carbocycles. The molecule has 1 fully saturated rings. The first-order valence-corrected chi connectivity index (χ1v) is 5.93. The number of hydrogen-bond donors (Lipinski definition) is 2. The molecule has 0 spiro atoms. The Balaban J connectivity index is 2.24. The zero-order chi connectivity index (χ0) is 10.7. The summed E-state index contributed by atoms with van der Waals surface area (Å²) in [4.78, 5) is 4.59. The predicted molar refractivity (Wildman–Crippen MR) is 59.8 cm³/mol. The highest BCUT2D eigenvalue weighted by Gasteiger charge is 2.35. The molecule has 0 amide bonds. The fourth-order valence-corrected chi connectivity index (χ4v) is 2.31. The number of H-pyrrole nitrogens is 1. The summed E-state index contributed by atoms with van der Waals surface area (Å²) in [5.41, 5.74) is 0.169. The Morgan fingerprint density at radius 1 is 1.40 bits per heavy atom. The van der Waals surface area contributed by atoms with Crippen molar-refractivity contribution >= 4 is 0 Å². The van der Waals surface area contributed by atoms with Crippen LogP contribution in [0.3, 0.4) is 0 Å². The maximum absolute atomic E-state index is 4.59. The third-order valence-electron chi connectivity index (χ3n) is 3.49. The van der Waals surface area contributed by atoms with Crippen LogP contribution < -0.4 is 5.32 Å². The third-order valence-corrected chi connectivity index (χ3v) is 3.49. The Labute approximate surface area is 90.9 Å². The van der Waals surface area contributed by atoms with Gasteiger partial charge in [0, 0.05) is 18.4 Å². The van der Waals surface area contributed by atoms with Crippen LogP contribution in [0.25, 0.3) is 0 Å². The van der Waals surface area contributed by atoms with E-state index in [1.54, 1.807) is 0 Å². The summed E-state index contributed by atoms with van der Waals surface area (Å²) in [5, 5.41) is 10.9. The number of aromatic amines is 1. The molecular formula is C11H20N4. The molecule has 1 aromatic heterocycles. The Morgan fingerprint density at radius 3 is 2.80 bits per heavy atom. The van der Waals surface area contributed by atoms with E-state index in [4.69, 9.17) is 0 Å². The fraction of sp³-hybridized carbons (Fsp3) is 0.818. The van der Waals surface area contributed by atoms with E-state index in [9.17, 15) is 0 Å². The van der Waals surface area contributed by atoms with Crippen molar-refractivity contribution in [2.45, 2.75) is 44.9 Å². The molecule has 2 rings (SSSR count). The molecule has 4 heteroatoms. The van der Waals surface area contributed by atoms with Gasteiger partial charge in [-0.3, -0.25) is 5.10 Å². The third kappa shape index (κ3) is 1.91. The van der Waals surface area contributed by atoms with Crippen LogP contribution in [0.4, 0.5) is 0 Å². The van der Waals surface area contributed by atoms with Gasteiger partial charge in [-0.15, -0.1) is 0 Å². The molecule has 0 radical (unpaired) electrons. The van der Waals surface area contributed by atoms with Crippen LogP contribution in [0, 0.1) is 0 Å². The molecule has 84 valence electrons. The number of nitrogens with zero attached hydrogens (tertiary/aromatic N) is 2. The molecule has 1 saturated heterocycles. The minimum absolute atomic E-state index is 0.169. The zero-order valence-electron chi connectivity index (χ0n) is 9.64. The summed E-state index contributed by atoms with van der Waals surface area (Å²) in [6.45, 7) is 6.48. The van der Waals surface area contributed by atoms with Gasteiger partial charge in [0.1, 0.15) is 5.82 Å². The standard InChI is InChI=1S/C11H20N4/c1-3-9-13-10(15-14-9)11(4-2)6-5-7-12-8-11/h12H,3-8H2,1-2H3,(H,13,14,15). The lowest BCUT2D eigenvalue weighted by molar-refractivity contribution is 0.288. The molecule has 2 heterocycles. The number of aromatic nitrogens is 3. The van der Waals surface area contributed by atoms with Crippen molar-refractivity contribution < 1.29 is 0 Å². The number of piperidine rings is 1. The summed E-state index contributed by atoms with van der Waals surface area (Å²) in [6.07, 6.45) is 4.47. The van der Waals surface area contributed by atoms with E-state index < -0.39 is 0 Å². The summed E-state index contributed by atoms with van der Waals surface area (Å²) in [7, 11) is 0. The lowest BCUT2D eigenvalue weighted by atomic mass is 9.78. The average Bonchev–Trinajstić information content (AvgIpc) is 2.79. The van der Waals surface area contributed by atoms with Gasteiger partial charge >= 0.3 is 0 Å². The highest BCUT2D eigenvalue weighted by atomic mass is 15.2. The fourth-order valence-electron chi connectivity index (χ4n) is 2.31. The summed E-state index contributed by atoms with van der Waals surface area (Å²) >= 11 is 0. The Kier molecular flexibility index (Phi) is 3.05. The quantitative estimate of drug-likeness (QED) is 0.789. The van der Waals surface area contributed by atoms with E-state index in [1.807, 2.05) is 0 Å². The van der Waals surface area contributed by atoms with Crippen molar-refractivity contribution in [3.63, 3.8) is 0 Å². The van der Waals surface area contributed by atoms with Crippen LogP contribution in [0.5, 0.6) is 0 Å². The topological polar surface area (TPSA) is 53.6 Å². The molecule has 2 N–H and O–H groups in total. The van der Waals surface area contributed by atoms with E-state index in [0.29, 0.717) is 0 Å². The second-order valence-corrected chi connectivity index (χ2v) is 4.37. The minimum Gasteiger partial charge on any atom is -0.316 e. The number of rotatable bonds is 3.